The number of carbonyl (C=O) groups is 1. The van der Waals surface area contributed by atoms with Gasteiger partial charge in [0.25, 0.3) is 0 Å². The van der Waals surface area contributed by atoms with Gasteiger partial charge in [0.15, 0.2) is 11.6 Å². The smallest absolute Gasteiger partial charge is 0.179 e. The number of carbonyl (C=O) groups excluding carboxylic acids is 1. The number of Topliss-reactive ketones (excluding diaryl/α,β-unsaturated/α-hetero) is 1. The maximum atomic E-state index is 13.0. The molecule has 0 radical (unpaired) electrons. The van der Waals surface area contributed by atoms with E-state index >= 15 is 0 Å². The Morgan fingerprint density at radius 2 is 2.15 bits per heavy atom. The van der Waals surface area contributed by atoms with E-state index in [9.17, 15) is 9.18 Å². The van der Waals surface area contributed by atoms with Gasteiger partial charge in [0.05, 0.1) is 17.1 Å². The maximum absolute atomic E-state index is 13.0. The second-order valence-electron chi connectivity index (χ2n) is 2.23. The standard InChI is InChI=1S/C8H7ClFNO.ClH/c9-6-3-1-2-5(8(6)10)7(12)4-11;/h1-3H,4,11H2;1H. The van der Waals surface area contributed by atoms with Crippen molar-refractivity contribution < 1.29 is 9.18 Å². The minimum Gasteiger partial charge on any atom is -0.324 e. The van der Waals surface area contributed by atoms with Crippen LogP contribution in [0.2, 0.25) is 5.02 Å². The molecule has 1 rings (SSSR count). The first-order valence-electron chi connectivity index (χ1n) is 3.34. The van der Waals surface area contributed by atoms with Crippen LogP contribution in [0.4, 0.5) is 4.39 Å². The van der Waals surface area contributed by atoms with E-state index in [1.54, 1.807) is 0 Å². The van der Waals surface area contributed by atoms with Gasteiger partial charge in [-0.2, -0.15) is 0 Å². The molecule has 5 heteroatoms. The van der Waals surface area contributed by atoms with Crippen LogP contribution in [0.5, 0.6) is 0 Å². The zero-order valence-electron chi connectivity index (χ0n) is 6.59. The fraction of sp³-hybridized carbons (Fsp3) is 0.125. The minimum absolute atomic E-state index is 0. The zero-order chi connectivity index (χ0) is 9.14. The molecule has 0 unspecified atom stereocenters. The summed E-state index contributed by atoms with van der Waals surface area (Å²) in [7, 11) is 0. The van der Waals surface area contributed by atoms with Crippen molar-refractivity contribution in [3.05, 3.63) is 34.6 Å². The normalized spacial score (nSPS) is 9.15. The van der Waals surface area contributed by atoms with Crippen molar-refractivity contribution in [2.45, 2.75) is 0 Å². The van der Waals surface area contributed by atoms with Crippen molar-refractivity contribution >= 4 is 29.8 Å². The van der Waals surface area contributed by atoms with Crippen LogP contribution in [0.3, 0.4) is 0 Å². The number of halogens is 3. The summed E-state index contributed by atoms with van der Waals surface area (Å²) in [5, 5.41) is -0.0608. The van der Waals surface area contributed by atoms with E-state index < -0.39 is 11.6 Å². The molecule has 0 heterocycles. The third-order valence-electron chi connectivity index (χ3n) is 1.44. The molecule has 0 bridgehead atoms. The van der Waals surface area contributed by atoms with Crippen molar-refractivity contribution in [1.29, 1.82) is 0 Å². The largest absolute Gasteiger partial charge is 0.324 e. The lowest BCUT2D eigenvalue weighted by Gasteiger charge is -2.00. The lowest BCUT2D eigenvalue weighted by molar-refractivity contribution is 0.0997. The van der Waals surface area contributed by atoms with E-state index in [1.807, 2.05) is 0 Å². The fourth-order valence-electron chi connectivity index (χ4n) is 0.829. The Balaban J connectivity index is 0.00000144. The van der Waals surface area contributed by atoms with Crippen molar-refractivity contribution in [2.75, 3.05) is 6.54 Å². The number of nitrogens with two attached hydrogens (primary N) is 1. The molecular formula is C8H8Cl2FNO. The van der Waals surface area contributed by atoms with Gasteiger partial charge in [0.1, 0.15) is 0 Å². The highest BCUT2D eigenvalue weighted by Crippen LogP contribution is 2.17. The van der Waals surface area contributed by atoms with Crippen LogP contribution in [0, 0.1) is 5.82 Å². The second kappa shape index (κ2) is 5.17. The molecule has 1 aromatic rings. The van der Waals surface area contributed by atoms with E-state index in [0.29, 0.717) is 0 Å². The molecule has 0 aliphatic rings. The summed E-state index contributed by atoms with van der Waals surface area (Å²) < 4.78 is 13.0. The summed E-state index contributed by atoms with van der Waals surface area (Å²) in [6.45, 7) is -0.211. The molecule has 0 aliphatic carbocycles. The topological polar surface area (TPSA) is 43.1 Å². The number of benzene rings is 1. The Labute approximate surface area is 86.3 Å². The lowest BCUT2D eigenvalue weighted by Crippen LogP contribution is -2.15. The zero-order valence-corrected chi connectivity index (χ0v) is 8.16. The van der Waals surface area contributed by atoms with Gasteiger partial charge >= 0.3 is 0 Å². The van der Waals surface area contributed by atoms with Gasteiger partial charge in [-0.3, -0.25) is 4.79 Å². The number of rotatable bonds is 2. The van der Waals surface area contributed by atoms with Gasteiger partial charge in [-0.15, -0.1) is 12.4 Å². The summed E-state index contributed by atoms with van der Waals surface area (Å²) in [6.07, 6.45) is 0. The van der Waals surface area contributed by atoms with Crippen LogP contribution in [-0.4, -0.2) is 12.3 Å². The Bertz CT molecular complexity index is 317. The molecule has 13 heavy (non-hydrogen) atoms. The summed E-state index contributed by atoms with van der Waals surface area (Å²) in [5.41, 5.74) is 5.01. The predicted octanol–water partition coefficient (Wildman–Crippen LogP) is 2.04. The molecule has 0 aromatic heterocycles. The molecule has 2 nitrogen and oxygen atoms in total. The van der Waals surface area contributed by atoms with E-state index in [4.69, 9.17) is 17.3 Å². The van der Waals surface area contributed by atoms with Crippen LogP contribution < -0.4 is 5.73 Å². The Hall–Kier alpha value is -0.640. The molecule has 0 fully saturated rings. The summed E-state index contributed by atoms with van der Waals surface area (Å²) in [4.78, 5) is 11.0. The molecule has 0 aliphatic heterocycles. The first-order chi connectivity index (χ1) is 5.66. The summed E-state index contributed by atoms with van der Waals surface area (Å²) in [6, 6.07) is 4.24. The Morgan fingerprint density at radius 3 is 2.69 bits per heavy atom. The van der Waals surface area contributed by atoms with Gasteiger partial charge in [-0.05, 0) is 12.1 Å². The summed E-state index contributed by atoms with van der Waals surface area (Å²) >= 11 is 5.45. The monoisotopic (exact) mass is 223 g/mol. The average Bonchev–Trinajstić information content (AvgIpc) is 2.08. The number of ketones is 1. The van der Waals surface area contributed by atoms with Crippen LogP contribution in [0.15, 0.2) is 18.2 Å². The average molecular weight is 224 g/mol. The molecular weight excluding hydrogens is 216 g/mol. The van der Waals surface area contributed by atoms with Crippen molar-refractivity contribution in [3.8, 4) is 0 Å². The quantitative estimate of drug-likeness (QED) is 0.781. The first kappa shape index (κ1) is 12.4. The fourth-order valence-corrected chi connectivity index (χ4v) is 1.00. The first-order valence-corrected chi connectivity index (χ1v) is 3.72. The third-order valence-corrected chi connectivity index (χ3v) is 1.73. The molecule has 0 atom stereocenters. The van der Waals surface area contributed by atoms with E-state index in [-0.39, 0.29) is 29.5 Å². The second-order valence-corrected chi connectivity index (χ2v) is 2.64. The number of hydrogen-bond acceptors (Lipinski definition) is 2. The van der Waals surface area contributed by atoms with Gasteiger partial charge in [-0.25, -0.2) is 4.39 Å². The Morgan fingerprint density at radius 1 is 1.54 bits per heavy atom. The van der Waals surface area contributed by atoms with Crippen molar-refractivity contribution in [1.82, 2.24) is 0 Å². The van der Waals surface area contributed by atoms with Gasteiger partial charge < -0.3 is 5.73 Å². The van der Waals surface area contributed by atoms with Crippen LogP contribution >= 0.6 is 24.0 Å². The molecule has 1 aromatic carbocycles. The number of hydrogen-bond donors (Lipinski definition) is 1. The van der Waals surface area contributed by atoms with Crippen molar-refractivity contribution in [3.63, 3.8) is 0 Å². The van der Waals surface area contributed by atoms with Gasteiger partial charge in [0.2, 0.25) is 0 Å². The Kier molecular flexibility index (Phi) is 4.91. The summed E-state index contributed by atoms with van der Waals surface area (Å²) in [5.74, 6) is -1.15. The molecule has 72 valence electrons. The maximum Gasteiger partial charge on any atom is 0.179 e. The van der Waals surface area contributed by atoms with Gasteiger partial charge in [-0.1, -0.05) is 17.7 Å². The van der Waals surface area contributed by atoms with E-state index in [0.717, 1.165) is 0 Å². The van der Waals surface area contributed by atoms with E-state index in [2.05, 4.69) is 0 Å². The minimum atomic E-state index is -0.699. The SMILES string of the molecule is Cl.NCC(=O)c1cccc(Cl)c1F. The van der Waals surface area contributed by atoms with Crippen molar-refractivity contribution in [2.24, 2.45) is 5.73 Å². The van der Waals surface area contributed by atoms with Crippen LogP contribution in [-0.2, 0) is 0 Å². The molecule has 0 saturated heterocycles. The lowest BCUT2D eigenvalue weighted by atomic mass is 10.1. The van der Waals surface area contributed by atoms with Gasteiger partial charge in [0, 0.05) is 0 Å². The molecule has 2 N–H and O–H groups in total. The van der Waals surface area contributed by atoms with E-state index in [1.165, 1.54) is 18.2 Å². The predicted molar refractivity (Wildman–Crippen MR) is 52.0 cm³/mol. The molecule has 0 spiro atoms. The highest BCUT2D eigenvalue weighted by Gasteiger charge is 2.11. The van der Waals surface area contributed by atoms with Crippen LogP contribution in [0.25, 0.3) is 0 Å². The van der Waals surface area contributed by atoms with Crippen LogP contribution in [0.1, 0.15) is 10.4 Å². The highest BCUT2D eigenvalue weighted by atomic mass is 35.5. The molecule has 0 saturated carbocycles. The highest BCUT2D eigenvalue weighted by molar-refractivity contribution is 6.31. The third kappa shape index (κ3) is 2.66. The molecule has 0 amide bonds.